The minimum Gasteiger partial charge on any atom is -0.335 e. The van der Waals surface area contributed by atoms with E-state index in [1.807, 2.05) is 50.2 Å². The summed E-state index contributed by atoms with van der Waals surface area (Å²) in [5.41, 5.74) is 5.11. The van der Waals surface area contributed by atoms with Crippen LogP contribution < -0.4 is 11.2 Å². The molecule has 2 aromatic heterocycles. The monoisotopic (exact) mass is 453 g/mol. The highest BCUT2D eigenvalue weighted by atomic mass is 35.5. The van der Waals surface area contributed by atoms with Gasteiger partial charge in [-0.15, -0.1) is 10.2 Å². The summed E-state index contributed by atoms with van der Waals surface area (Å²) in [6.45, 7) is 3.92. The Kier molecular flexibility index (Phi) is 5.97. The maximum atomic E-state index is 12.4. The molecular formula is C21H20ClN7OS. The second-order valence-electron chi connectivity index (χ2n) is 6.95. The van der Waals surface area contributed by atoms with Crippen molar-refractivity contribution in [3.8, 4) is 22.8 Å². The first-order valence-electron chi connectivity index (χ1n) is 9.43. The molecule has 0 saturated carbocycles. The molecule has 4 N–H and O–H groups in total. The van der Waals surface area contributed by atoms with E-state index < -0.39 is 0 Å². The van der Waals surface area contributed by atoms with Crippen LogP contribution in [-0.4, -0.2) is 36.7 Å². The zero-order chi connectivity index (χ0) is 22.0. The number of halogens is 1. The minimum absolute atomic E-state index is 0.140. The number of nitrogens with two attached hydrogens (primary N) is 1. The number of aromatic nitrogens is 5. The Labute approximate surface area is 188 Å². The molecular weight excluding hydrogens is 434 g/mol. The van der Waals surface area contributed by atoms with Crippen LogP contribution in [0.4, 0.5) is 5.69 Å². The third kappa shape index (κ3) is 4.57. The largest absolute Gasteiger partial charge is 0.335 e. The quantitative estimate of drug-likeness (QED) is 0.299. The number of hydrogen-bond acceptors (Lipinski definition) is 6. The van der Waals surface area contributed by atoms with Crippen molar-refractivity contribution in [2.75, 3.05) is 16.9 Å². The lowest BCUT2D eigenvalue weighted by Gasteiger charge is -2.11. The van der Waals surface area contributed by atoms with Crippen molar-refractivity contribution in [1.82, 2.24) is 25.1 Å². The van der Waals surface area contributed by atoms with E-state index in [0.717, 1.165) is 28.1 Å². The number of H-pyrrole nitrogens is 1. The SMILES string of the molecule is Cc1cccc(C)c1NC(=O)CSc1nnc(-c2cc(-c3ccc(Cl)cc3)n[nH]2)n1N. The van der Waals surface area contributed by atoms with E-state index >= 15 is 0 Å². The fourth-order valence-electron chi connectivity index (χ4n) is 3.08. The highest BCUT2D eigenvalue weighted by Gasteiger charge is 2.17. The number of benzene rings is 2. The lowest BCUT2D eigenvalue weighted by molar-refractivity contribution is -0.113. The molecule has 2 aromatic carbocycles. The molecule has 31 heavy (non-hydrogen) atoms. The number of amides is 1. The third-order valence-corrected chi connectivity index (χ3v) is 5.90. The Bertz CT molecular complexity index is 1210. The van der Waals surface area contributed by atoms with Crippen molar-refractivity contribution in [3.05, 3.63) is 64.7 Å². The van der Waals surface area contributed by atoms with Crippen LogP contribution in [0.5, 0.6) is 0 Å². The topological polar surface area (TPSA) is 115 Å². The van der Waals surface area contributed by atoms with Gasteiger partial charge in [-0.1, -0.05) is 53.7 Å². The number of rotatable bonds is 6. The summed E-state index contributed by atoms with van der Waals surface area (Å²) in [5.74, 6) is 6.60. The molecule has 8 nitrogen and oxygen atoms in total. The van der Waals surface area contributed by atoms with Crippen LogP contribution in [0.25, 0.3) is 22.8 Å². The van der Waals surface area contributed by atoms with Gasteiger partial charge >= 0.3 is 0 Å². The van der Waals surface area contributed by atoms with Gasteiger partial charge in [0.25, 0.3) is 0 Å². The van der Waals surface area contributed by atoms with Crippen molar-refractivity contribution >= 4 is 35.0 Å². The molecule has 4 rings (SSSR count). The van der Waals surface area contributed by atoms with E-state index in [4.69, 9.17) is 17.4 Å². The van der Waals surface area contributed by atoms with Gasteiger partial charge < -0.3 is 11.2 Å². The fourth-order valence-corrected chi connectivity index (χ4v) is 3.86. The Hall–Kier alpha value is -3.30. The van der Waals surface area contributed by atoms with Crippen LogP contribution in [0.1, 0.15) is 11.1 Å². The number of anilines is 1. The molecule has 0 atom stereocenters. The summed E-state index contributed by atoms with van der Waals surface area (Å²) in [7, 11) is 0. The van der Waals surface area contributed by atoms with E-state index in [0.29, 0.717) is 21.7 Å². The number of thioether (sulfide) groups is 1. The Morgan fingerprint density at radius 2 is 1.87 bits per heavy atom. The molecule has 0 unspecified atom stereocenters. The molecule has 2 heterocycles. The third-order valence-electron chi connectivity index (χ3n) is 4.70. The number of hydrogen-bond donors (Lipinski definition) is 3. The average molecular weight is 454 g/mol. The molecule has 0 aliphatic rings. The predicted molar refractivity (Wildman–Crippen MR) is 123 cm³/mol. The summed E-state index contributed by atoms with van der Waals surface area (Å²) in [5, 5.41) is 19.5. The molecule has 158 valence electrons. The molecule has 0 aliphatic heterocycles. The maximum absolute atomic E-state index is 12.4. The number of carbonyl (C=O) groups excluding carboxylic acids is 1. The molecule has 0 bridgehead atoms. The number of para-hydroxylation sites is 1. The second-order valence-corrected chi connectivity index (χ2v) is 8.33. The van der Waals surface area contributed by atoms with Crippen molar-refractivity contribution in [1.29, 1.82) is 0 Å². The Morgan fingerprint density at radius 1 is 1.16 bits per heavy atom. The van der Waals surface area contributed by atoms with Gasteiger partial charge in [-0.3, -0.25) is 9.89 Å². The second kappa shape index (κ2) is 8.83. The predicted octanol–water partition coefficient (Wildman–Crippen LogP) is 4.05. The first kappa shape index (κ1) is 21.0. The standard InChI is InChI=1S/C21H20ClN7OS/c1-12-4-3-5-13(2)19(12)24-18(30)11-31-21-28-27-20(29(21)23)17-10-16(25-26-17)14-6-8-15(22)9-7-14/h3-10H,11,23H2,1-2H3,(H,24,30)(H,25,26). The highest BCUT2D eigenvalue weighted by Crippen LogP contribution is 2.26. The van der Waals surface area contributed by atoms with Gasteiger partial charge in [0.2, 0.25) is 16.9 Å². The van der Waals surface area contributed by atoms with E-state index in [-0.39, 0.29) is 11.7 Å². The molecule has 10 heteroatoms. The van der Waals surface area contributed by atoms with Gasteiger partial charge in [0.05, 0.1) is 11.4 Å². The van der Waals surface area contributed by atoms with Gasteiger partial charge in [-0.05, 0) is 43.2 Å². The summed E-state index contributed by atoms with van der Waals surface area (Å²) < 4.78 is 1.34. The first-order chi connectivity index (χ1) is 14.9. The van der Waals surface area contributed by atoms with Gasteiger partial charge in [0.15, 0.2) is 0 Å². The lowest BCUT2D eigenvalue weighted by Crippen LogP contribution is -2.17. The normalized spacial score (nSPS) is 10.9. The summed E-state index contributed by atoms with van der Waals surface area (Å²) in [6, 6.07) is 15.1. The summed E-state index contributed by atoms with van der Waals surface area (Å²) in [6.07, 6.45) is 0. The number of nitrogen functional groups attached to an aromatic ring is 1. The molecule has 0 spiro atoms. The number of nitrogens with one attached hydrogen (secondary N) is 2. The van der Waals surface area contributed by atoms with Crippen LogP contribution in [0, 0.1) is 13.8 Å². The number of aromatic amines is 1. The van der Waals surface area contributed by atoms with Crippen LogP contribution in [0.3, 0.4) is 0 Å². The zero-order valence-corrected chi connectivity index (χ0v) is 18.5. The Balaban J connectivity index is 1.44. The molecule has 0 aliphatic carbocycles. The average Bonchev–Trinajstić information content (AvgIpc) is 3.37. The van der Waals surface area contributed by atoms with Crippen LogP contribution in [0.15, 0.2) is 53.7 Å². The van der Waals surface area contributed by atoms with E-state index in [1.165, 1.54) is 16.4 Å². The van der Waals surface area contributed by atoms with Crippen molar-refractivity contribution < 1.29 is 4.79 Å². The van der Waals surface area contributed by atoms with Gasteiger partial charge in [-0.2, -0.15) is 5.10 Å². The number of nitrogens with zero attached hydrogens (tertiary/aromatic N) is 4. The maximum Gasteiger partial charge on any atom is 0.234 e. The Morgan fingerprint density at radius 3 is 2.58 bits per heavy atom. The lowest BCUT2D eigenvalue weighted by atomic mass is 10.1. The van der Waals surface area contributed by atoms with Crippen LogP contribution in [0.2, 0.25) is 5.02 Å². The highest BCUT2D eigenvalue weighted by molar-refractivity contribution is 7.99. The van der Waals surface area contributed by atoms with Gasteiger partial charge in [-0.25, -0.2) is 4.68 Å². The van der Waals surface area contributed by atoms with E-state index in [2.05, 4.69) is 25.7 Å². The van der Waals surface area contributed by atoms with Crippen molar-refractivity contribution in [2.45, 2.75) is 19.0 Å². The smallest absolute Gasteiger partial charge is 0.234 e. The summed E-state index contributed by atoms with van der Waals surface area (Å²) in [4.78, 5) is 12.4. The van der Waals surface area contributed by atoms with Gasteiger partial charge in [0, 0.05) is 16.3 Å². The van der Waals surface area contributed by atoms with Crippen LogP contribution >= 0.6 is 23.4 Å². The fraction of sp³-hybridized carbons (Fsp3) is 0.143. The number of carbonyl (C=O) groups is 1. The number of aryl methyl sites for hydroxylation is 2. The van der Waals surface area contributed by atoms with Gasteiger partial charge in [0.1, 0.15) is 5.69 Å². The van der Waals surface area contributed by atoms with Crippen molar-refractivity contribution in [2.24, 2.45) is 0 Å². The van der Waals surface area contributed by atoms with E-state index in [1.54, 1.807) is 12.1 Å². The molecule has 0 radical (unpaired) electrons. The zero-order valence-electron chi connectivity index (χ0n) is 16.9. The van der Waals surface area contributed by atoms with Crippen molar-refractivity contribution in [3.63, 3.8) is 0 Å². The first-order valence-corrected chi connectivity index (χ1v) is 10.8. The molecule has 4 aromatic rings. The molecule has 1 amide bonds. The molecule has 0 fully saturated rings. The van der Waals surface area contributed by atoms with Crippen LogP contribution in [-0.2, 0) is 4.79 Å². The minimum atomic E-state index is -0.140. The van der Waals surface area contributed by atoms with E-state index in [9.17, 15) is 4.79 Å². The molecule has 0 saturated heterocycles. The summed E-state index contributed by atoms with van der Waals surface area (Å²) >= 11 is 7.15.